The van der Waals surface area contributed by atoms with Gasteiger partial charge in [0.15, 0.2) is 5.75 Å². The summed E-state index contributed by atoms with van der Waals surface area (Å²) in [7, 11) is 1.81. The number of ether oxygens (including phenoxy) is 1. The van der Waals surface area contributed by atoms with E-state index >= 15 is 0 Å². The molecule has 0 amide bonds. The molecular formula is C11H12N2O4. The number of furan rings is 1. The van der Waals surface area contributed by atoms with Crippen LogP contribution in [-0.2, 0) is 7.05 Å². The fraction of sp³-hybridized carbons (Fsp3) is 0.273. The second-order valence-corrected chi connectivity index (χ2v) is 3.65. The van der Waals surface area contributed by atoms with Gasteiger partial charge in [0.25, 0.3) is 5.95 Å². The van der Waals surface area contributed by atoms with E-state index in [0.29, 0.717) is 5.75 Å². The molecule has 2 rings (SSSR count). The maximum absolute atomic E-state index is 10.6. The molecule has 0 saturated carbocycles. The predicted molar refractivity (Wildman–Crippen MR) is 58.4 cm³/mol. The van der Waals surface area contributed by atoms with Crippen molar-refractivity contribution in [3.8, 4) is 11.7 Å². The van der Waals surface area contributed by atoms with Gasteiger partial charge in [0.2, 0.25) is 5.76 Å². The largest absolute Gasteiger partial charge is 0.475 e. The lowest BCUT2D eigenvalue weighted by atomic mass is 10.3. The Morgan fingerprint density at radius 1 is 1.47 bits per heavy atom. The van der Waals surface area contributed by atoms with Crippen molar-refractivity contribution in [2.24, 2.45) is 7.05 Å². The minimum Gasteiger partial charge on any atom is -0.475 e. The van der Waals surface area contributed by atoms with Crippen LogP contribution in [0.25, 0.3) is 0 Å². The van der Waals surface area contributed by atoms with E-state index in [1.54, 1.807) is 11.7 Å². The quantitative estimate of drug-likeness (QED) is 0.883. The van der Waals surface area contributed by atoms with Crippen molar-refractivity contribution >= 4 is 5.97 Å². The van der Waals surface area contributed by atoms with Crippen LogP contribution in [0.15, 0.2) is 16.5 Å². The highest BCUT2D eigenvalue weighted by Gasteiger charge is 2.15. The lowest BCUT2D eigenvalue weighted by molar-refractivity contribution is 0.0657. The van der Waals surface area contributed by atoms with Crippen LogP contribution in [0, 0.1) is 13.8 Å². The lowest BCUT2D eigenvalue weighted by Crippen LogP contribution is -1.93. The summed E-state index contributed by atoms with van der Waals surface area (Å²) in [5.74, 6) is -0.556. The third-order valence-corrected chi connectivity index (χ3v) is 2.44. The first kappa shape index (κ1) is 11.3. The number of aryl methyl sites for hydroxylation is 2. The highest BCUT2D eigenvalue weighted by Crippen LogP contribution is 2.29. The summed E-state index contributed by atoms with van der Waals surface area (Å²) in [6.07, 6.45) is 0. The molecule has 17 heavy (non-hydrogen) atoms. The van der Waals surface area contributed by atoms with Gasteiger partial charge < -0.3 is 14.3 Å². The lowest BCUT2D eigenvalue weighted by Gasteiger charge is -2.01. The van der Waals surface area contributed by atoms with Crippen LogP contribution in [0.5, 0.6) is 11.7 Å². The molecule has 0 bridgehead atoms. The summed E-state index contributed by atoms with van der Waals surface area (Å²) in [6, 6.07) is 2.81. The van der Waals surface area contributed by atoms with Crippen molar-refractivity contribution in [3.05, 3.63) is 29.3 Å². The zero-order chi connectivity index (χ0) is 12.6. The highest BCUT2D eigenvalue weighted by molar-refractivity contribution is 5.84. The maximum atomic E-state index is 10.6. The molecule has 0 aliphatic rings. The first-order valence-corrected chi connectivity index (χ1v) is 5.00. The topological polar surface area (TPSA) is 77.5 Å². The Balaban J connectivity index is 2.28. The summed E-state index contributed by atoms with van der Waals surface area (Å²) in [6.45, 7) is 3.67. The van der Waals surface area contributed by atoms with Gasteiger partial charge in [-0.15, -0.1) is 0 Å². The van der Waals surface area contributed by atoms with E-state index in [0.717, 1.165) is 11.4 Å². The fourth-order valence-corrected chi connectivity index (χ4v) is 1.49. The molecule has 2 aromatic rings. The number of rotatable bonds is 3. The highest BCUT2D eigenvalue weighted by atomic mass is 16.6. The second-order valence-electron chi connectivity index (χ2n) is 3.65. The van der Waals surface area contributed by atoms with Gasteiger partial charge in [0.1, 0.15) is 5.69 Å². The van der Waals surface area contributed by atoms with E-state index in [2.05, 4.69) is 5.10 Å². The van der Waals surface area contributed by atoms with E-state index in [1.165, 1.54) is 12.1 Å². The van der Waals surface area contributed by atoms with E-state index in [1.807, 2.05) is 13.8 Å². The molecule has 0 aliphatic carbocycles. The van der Waals surface area contributed by atoms with Crippen molar-refractivity contribution in [2.45, 2.75) is 13.8 Å². The average Bonchev–Trinajstić information content (AvgIpc) is 2.80. The molecule has 6 heteroatoms. The Hall–Kier alpha value is -2.24. The van der Waals surface area contributed by atoms with Gasteiger partial charge in [0.05, 0.1) is 5.69 Å². The standard InChI is InChI=1S/C11H12N2O4/c1-6-10(7(2)13(3)12-6)17-9-5-4-8(16-9)11(14)15/h4-5H,1-3H3,(H,14,15). The van der Waals surface area contributed by atoms with E-state index in [9.17, 15) is 4.79 Å². The molecule has 90 valence electrons. The zero-order valence-electron chi connectivity index (χ0n) is 9.72. The van der Waals surface area contributed by atoms with Crippen LogP contribution >= 0.6 is 0 Å². The summed E-state index contributed by atoms with van der Waals surface area (Å²) >= 11 is 0. The molecular weight excluding hydrogens is 224 g/mol. The van der Waals surface area contributed by atoms with Crippen molar-refractivity contribution in [2.75, 3.05) is 0 Å². The van der Waals surface area contributed by atoms with Crippen LogP contribution in [-0.4, -0.2) is 20.9 Å². The Bertz CT molecular complexity index is 568. The Morgan fingerprint density at radius 2 is 2.18 bits per heavy atom. The molecule has 0 unspecified atom stereocenters. The van der Waals surface area contributed by atoms with Gasteiger partial charge in [-0.05, 0) is 19.9 Å². The Kier molecular flexibility index (Phi) is 2.63. The molecule has 6 nitrogen and oxygen atoms in total. The van der Waals surface area contributed by atoms with Gasteiger partial charge in [-0.2, -0.15) is 5.10 Å². The first-order valence-electron chi connectivity index (χ1n) is 5.00. The van der Waals surface area contributed by atoms with Crippen LogP contribution in [0.1, 0.15) is 21.9 Å². The molecule has 2 heterocycles. The minimum absolute atomic E-state index is 0.140. The third kappa shape index (κ3) is 2.01. The smallest absolute Gasteiger partial charge is 0.371 e. The molecule has 0 spiro atoms. The number of carbonyl (C=O) groups is 1. The third-order valence-electron chi connectivity index (χ3n) is 2.44. The molecule has 0 radical (unpaired) electrons. The van der Waals surface area contributed by atoms with Gasteiger partial charge in [-0.1, -0.05) is 0 Å². The van der Waals surface area contributed by atoms with Crippen molar-refractivity contribution in [1.82, 2.24) is 9.78 Å². The number of hydrogen-bond donors (Lipinski definition) is 1. The number of nitrogens with zero attached hydrogens (tertiary/aromatic N) is 2. The molecule has 1 N–H and O–H groups in total. The summed E-state index contributed by atoms with van der Waals surface area (Å²) in [5.41, 5.74) is 1.56. The van der Waals surface area contributed by atoms with E-state index in [4.69, 9.17) is 14.3 Å². The summed E-state index contributed by atoms with van der Waals surface area (Å²) < 4.78 is 12.2. The first-order chi connectivity index (χ1) is 7.99. The number of carboxylic acids is 1. The summed E-state index contributed by atoms with van der Waals surface area (Å²) in [4.78, 5) is 10.6. The second kappa shape index (κ2) is 3.97. The fourth-order valence-electron chi connectivity index (χ4n) is 1.49. The zero-order valence-corrected chi connectivity index (χ0v) is 9.72. The molecule has 0 fully saturated rings. The normalized spacial score (nSPS) is 10.5. The average molecular weight is 236 g/mol. The number of aromatic carboxylic acids is 1. The molecule has 0 saturated heterocycles. The number of hydrogen-bond acceptors (Lipinski definition) is 4. The minimum atomic E-state index is -1.13. The molecule has 0 atom stereocenters. The monoisotopic (exact) mass is 236 g/mol. The van der Waals surface area contributed by atoms with Crippen molar-refractivity contribution < 1.29 is 19.1 Å². The summed E-state index contributed by atoms with van der Waals surface area (Å²) in [5, 5.41) is 12.9. The molecule has 2 aromatic heterocycles. The SMILES string of the molecule is Cc1nn(C)c(C)c1Oc1ccc(C(=O)O)o1. The maximum Gasteiger partial charge on any atom is 0.371 e. The predicted octanol–water partition coefficient (Wildman–Crippen LogP) is 2.12. The van der Waals surface area contributed by atoms with E-state index in [-0.39, 0.29) is 11.7 Å². The van der Waals surface area contributed by atoms with Gasteiger partial charge >= 0.3 is 5.97 Å². The Morgan fingerprint density at radius 3 is 2.65 bits per heavy atom. The molecule has 0 aromatic carbocycles. The van der Waals surface area contributed by atoms with Crippen molar-refractivity contribution in [1.29, 1.82) is 0 Å². The van der Waals surface area contributed by atoms with Crippen LogP contribution in [0.2, 0.25) is 0 Å². The van der Waals surface area contributed by atoms with Crippen LogP contribution < -0.4 is 4.74 Å². The van der Waals surface area contributed by atoms with Crippen molar-refractivity contribution in [3.63, 3.8) is 0 Å². The van der Waals surface area contributed by atoms with Gasteiger partial charge in [0, 0.05) is 13.1 Å². The Labute approximate surface area is 97.4 Å². The number of carboxylic acid groups (broad SMARTS) is 1. The van der Waals surface area contributed by atoms with Crippen LogP contribution in [0.3, 0.4) is 0 Å². The molecule has 0 aliphatic heterocycles. The van der Waals surface area contributed by atoms with Crippen LogP contribution in [0.4, 0.5) is 0 Å². The van der Waals surface area contributed by atoms with Gasteiger partial charge in [-0.3, -0.25) is 4.68 Å². The van der Waals surface area contributed by atoms with Gasteiger partial charge in [-0.25, -0.2) is 4.79 Å². The number of aromatic nitrogens is 2. The van der Waals surface area contributed by atoms with E-state index < -0.39 is 5.97 Å².